The first kappa shape index (κ1) is 31.4. The fourth-order valence-electron chi connectivity index (χ4n) is 4.15. The van der Waals surface area contributed by atoms with Crippen molar-refractivity contribution in [2.45, 2.75) is 90.4 Å². The van der Waals surface area contributed by atoms with Crippen LogP contribution in [-0.2, 0) is 28.7 Å². The minimum Gasteiger partial charge on any atom is -0.507 e. The van der Waals surface area contributed by atoms with Crippen molar-refractivity contribution in [1.29, 1.82) is 0 Å². The highest BCUT2D eigenvalue weighted by atomic mass is 16.6. The van der Waals surface area contributed by atoms with Crippen molar-refractivity contribution in [2.24, 2.45) is 5.73 Å². The molecule has 0 radical (unpaired) electrons. The number of nitrogens with zero attached hydrogens (tertiary/aromatic N) is 1. The van der Waals surface area contributed by atoms with Gasteiger partial charge >= 0.3 is 12.1 Å². The van der Waals surface area contributed by atoms with E-state index in [1.54, 1.807) is 46.8 Å². The summed E-state index contributed by atoms with van der Waals surface area (Å²) in [5.74, 6) is -2.88. The van der Waals surface area contributed by atoms with Crippen LogP contribution in [0, 0.1) is 6.92 Å². The van der Waals surface area contributed by atoms with Gasteiger partial charge < -0.3 is 35.8 Å². The number of carbonyl (C=O) groups excluding carboxylic acids is 5. The van der Waals surface area contributed by atoms with Crippen molar-refractivity contribution < 1.29 is 38.6 Å². The Hall–Kier alpha value is -3.83. The van der Waals surface area contributed by atoms with Gasteiger partial charge in [0.15, 0.2) is 0 Å². The summed E-state index contributed by atoms with van der Waals surface area (Å²) >= 11 is 0. The first-order valence-electron chi connectivity index (χ1n) is 13.1. The number of primary amides is 1. The summed E-state index contributed by atoms with van der Waals surface area (Å²) in [6, 6.07) is 1.69. The van der Waals surface area contributed by atoms with E-state index in [0.29, 0.717) is 18.4 Å². The maximum atomic E-state index is 14.0. The highest BCUT2D eigenvalue weighted by Crippen LogP contribution is 2.38. The number of para-hydroxylation sites is 1. The molecule has 1 aromatic carbocycles. The van der Waals surface area contributed by atoms with Crippen LogP contribution in [0.5, 0.6) is 5.75 Å². The number of nitrogens with two attached hydrogens (primary N) is 1. The largest absolute Gasteiger partial charge is 0.507 e. The molecule has 1 aromatic rings. The van der Waals surface area contributed by atoms with Gasteiger partial charge in [0.1, 0.15) is 23.4 Å². The van der Waals surface area contributed by atoms with E-state index in [1.165, 1.54) is 11.0 Å². The molecular weight excluding hydrogens is 508 g/mol. The molecule has 216 valence electrons. The number of esters is 1. The van der Waals surface area contributed by atoms with Crippen molar-refractivity contribution in [1.82, 2.24) is 15.5 Å². The van der Waals surface area contributed by atoms with Gasteiger partial charge in [0.25, 0.3) is 0 Å². The molecule has 1 aliphatic carbocycles. The lowest BCUT2D eigenvalue weighted by Gasteiger charge is -2.43. The van der Waals surface area contributed by atoms with Gasteiger partial charge in [-0.1, -0.05) is 18.2 Å². The highest BCUT2D eigenvalue weighted by Gasteiger charge is 2.43. The van der Waals surface area contributed by atoms with Crippen LogP contribution in [0.2, 0.25) is 0 Å². The standard InChI is InChI=1S/C27H40N4O8/c1-6-38-21(33)13-14-29-24(35)22(18-12-7-9-16(2)23(18)34)31(17-10-8-11-17)25(36)19(15-20(28)32)30-26(37)39-27(3,4)5/h7,9,12,17,19,22,34H,6,8,10-11,13-15H2,1-5H3,(H2,28,32)(H,29,35)(H,30,37). The second-order valence-electron chi connectivity index (χ2n) is 10.5. The number of phenolic OH excluding ortho intramolecular Hbond substituents is 1. The number of benzene rings is 1. The average molecular weight is 549 g/mol. The van der Waals surface area contributed by atoms with Crippen LogP contribution in [0.4, 0.5) is 4.79 Å². The number of aryl methyl sites for hydroxylation is 1. The van der Waals surface area contributed by atoms with Crippen LogP contribution >= 0.6 is 0 Å². The molecule has 2 atom stereocenters. The number of aromatic hydroxyl groups is 1. The molecular formula is C27H40N4O8. The van der Waals surface area contributed by atoms with Crippen LogP contribution in [0.15, 0.2) is 18.2 Å². The molecule has 1 fully saturated rings. The molecule has 0 heterocycles. The van der Waals surface area contributed by atoms with Crippen molar-refractivity contribution in [3.8, 4) is 5.75 Å². The number of hydrogen-bond donors (Lipinski definition) is 4. The van der Waals surface area contributed by atoms with Crippen LogP contribution < -0.4 is 16.4 Å². The number of nitrogens with one attached hydrogen (secondary N) is 2. The summed E-state index contributed by atoms with van der Waals surface area (Å²) in [7, 11) is 0. The van der Waals surface area contributed by atoms with Gasteiger partial charge in [0.05, 0.1) is 19.4 Å². The summed E-state index contributed by atoms with van der Waals surface area (Å²) in [6.07, 6.45) is 0.392. The summed E-state index contributed by atoms with van der Waals surface area (Å²) in [4.78, 5) is 65.1. The lowest BCUT2D eigenvalue weighted by molar-refractivity contribution is -0.148. The molecule has 12 heteroatoms. The van der Waals surface area contributed by atoms with E-state index in [2.05, 4.69) is 10.6 Å². The number of carbonyl (C=O) groups is 5. The second-order valence-corrected chi connectivity index (χ2v) is 10.5. The van der Waals surface area contributed by atoms with Gasteiger partial charge in [-0.25, -0.2) is 4.79 Å². The van der Waals surface area contributed by atoms with Gasteiger partial charge in [-0.3, -0.25) is 19.2 Å². The Balaban J connectivity index is 2.48. The smallest absolute Gasteiger partial charge is 0.408 e. The number of phenols is 1. The molecule has 0 saturated heterocycles. The van der Waals surface area contributed by atoms with Crippen molar-refractivity contribution in [3.05, 3.63) is 29.3 Å². The summed E-state index contributed by atoms with van der Waals surface area (Å²) in [5, 5.41) is 16.0. The van der Waals surface area contributed by atoms with Crippen LogP contribution in [0.1, 0.15) is 77.0 Å². The molecule has 12 nitrogen and oxygen atoms in total. The minimum atomic E-state index is -1.42. The van der Waals surface area contributed by atoms with Gasteiger partial charge in [-0.2, -0.15) is 0 Å². The predicted molar refractivity (Wildman–Crippen MR) is 141 cm³/mol. The maximum absolute atomic E-state index is 14.0. The zero-order chi connectivity index (χ0) is 29.3. The SMILES string of the molecule is CCOC(=O)CCNC(=O)C(c1cccc(C)c1O)N(C(=O)C(CC(N)=O)NC(=O)OC(C)(C)C)C1CCC1. The Bertz CT molecular complexity index is 1060. The van der Waals surface area contributed by atoms with Gasteiger partial charge in [0.2, 0.25) is 17.7 Å². The third-order valence-electron chi connectivity index (χ3n) is 6.14. The zero-order valence-electron chi connectivity index (χ0n) is 23.2. The van der Waals surface area contributed by atoms with Gasteiger partial charge in [0, 0.05) is 18.2 Å². The molecule has 0 aromatic heterocycles. The predicted octanol–water partition coefficient (Wildman–Crippen LogP) is 1.96. The van der Waals surface area contributed by atoms with Crippen LogP contribution in [-0.4, -0.2) is 70.6 Å². The fourth-order valence-corrected chi connectivity index (χ4v) is 4.15. The van der Waals surface area contributed by atoms with Crippen molar-refractivity contribution in [2.75, 3.05) is 13.2 Å². The molecule has 0 bridgehead atoms. The van der Waals surface area contributed by atoms with E-state index in [0.717, 1.165) is 6.42 Å². The summed E-state index contributed by atoms with van der Waals surface area (Å²) < 4.78 is 10.2. The number of ether oxygens (including phenoxy) is 2. The Morgan fingerprint density at radius 2 is 1.85 bits per heavy atom. The van der Waals surface area contributed by atoms with E-state index in [9.17, 15) is 29.1 Å². The zero-order valence-corrected chi connectivity index (χ0v) is 23.2. The van der Waals surface area contributed by atoms with Gasteiger partial charge in [-0.05, 0) is 59.4 Å². The number of amides is 4. The lowest BCUT2D eigenvalue weighted by Crippen LogP contribution is -2.58. The number of alkyl carbamates (subject to hydrolysis) is 1. The molecule has 1 saturated carbocycles. The first-order chi connectivity index (χ1) is 18.2. The van der Waals surface area contributed by atoms with E-state index in [4.69, 9.17) is 15.2 Å². The molecule has 2 rings (SSSR count). The molecule has 4 amide bonds. The Kier molecular flexibility index (Phi) is 11.1. The molecule has 0 aliphatic heterocycles. The van der Waals surface area contributed by atoms with E-state index >= 15 is 0 Å². The third-order valence-corrected chi connectivity index (χ3v) is 6.14. The van der Waals surface area contributed by atoms with E-state index < -0.39 is 59.9 Å². The average Bonchev–Trinajstić information content (AvgIpc) is 2.77. The molecule has 39 heavy (non-hydrogen) atoms. The van der Waals surface area contributed by atoms with Gasteiger partial charge in [-0.15, -0.1) is 0 Å². The fraction of sp³-hybridized carbons (Fsp3) is 0.593. The maximum Gasteiger partial charge on any atom is 0.408 e. The normalized spacial score (nSPS) is 14.8. The topological polar surface area (TPSA) is 177 Å². The summed E-state index contributed by atoms with van der Waals surface area (Å²) in [5.41, 5.74) is 5.18. The molecule has 0 spiro atoms. The lowest BCUT2D eigenvalue weighted by atomic mass is 9.87. The van der Waals surface area contributed by atoms with Crippen LogP contribution in [0.25, 0.3) is 0 Å². The minimum absolute atomic E-state index is 0.0612. The molecule has 2 unspecified atom stereocenters. The third kappa shape index (κ3) is 9.15. The summed E-state index contributed by atoms with van der Waals surface area (Å²) in [6.45, 7) is 8.41. The van der Waals surface area contributed by atoms with Crippen molar-refractivity contribution >= 4 is 29.8 Å². The quantitative estimate of drug-likeness (QED) is 0.286. The number of rotatable bonds is 12. The van der Waals surface area contributed by atoms with Crippen LogP contribution in [0.3, 0.4) is 0 Å². The number of hydrogen-bond acceptors (Lipinski definition) is 8. The highest BCUT2D eigenvalue weighted by molar-refractivity contribution is 5.95. The Morgan fingerprint density at radius 1 is 1.18 bits per heavy atom. The Morgan fingerprint density at radius 3 is 2.38 bits per heavy atom. The van der Waals surface area contributed by atoms with Crippen molar-refractivity contribution in [3.63, 3.8) is 0 Å². The molecule has 1 aliphatic rings. The second kappa shape index (κ2) is 13.8. The monoisotopic (exact) mass is 548 g/mol. The first-order valence-corrected chi connectivity index (χ1v) is 13.1. The molecule has 5 N–H and O–H groups in total. The Labute approximate surface area is 228 Å². The van der Waals surface area contributed by atoms with E-state index in [1.807, 2.05) is 0 Å². The van der Waals surface area contributed by atoms with E-state index in [-0.39, 0.29) is 30.9 Å².